The molecule has 1 aliphatic rings. The molecule has 0 spiro atoms. The molecule has 4 atom stereocenters. The number of ether oxygens (including phenoxy) is 2. The zero-order valence-corrected chi connectivity index (χ0v) is 11.4. The van der Waals surface area contributed by atoms with E-state index in [4.69, 9.17) is 14.6 Å². The summed E-state index contributed by atoms with van der Waals surface area (Å²) < 4.78 is 11.0. The van der Waals surface area contributed by atoms with Crippen LogP contribution < -0.4 is 11.2 Å². The molecule has 118 valence electrons. The average Bonchev–Trinajstić information content (AvgIpc) is 2.75. The zero-order valence-electron chi connectivity index (χ0n) is 11.4. The Morgan fingerprint density at radius 2 is 2.10 bits per heavy atom. The van der Waals surface area contributed by atoms with E-state index in [1.807, 2.05) is 0 Å². The number of rotatable bonds is 5. The minimum Gasteiger partial charge on any atom is -0.394 e. The van der Waals surface area contributed by atoms with Gasteiger partial charge in [0.1, 0.15) is 24.4 Å². The van der Waals surface area contributed by atoms with Gasteiger partial charge in [-0.2, -0.15) is 0 Å². The number of aromatic amines is 1. The average molecular weight is 302 g/mol. The molecule has 9 nitrogen and oxygen atoms in total. The van der Waals surface area contributed by atoms with E-state index >= 15 is 0 Å². The first-order valence-corrected chi connectivity index (χ1v) is 6.45. The lowest BCUT2D eigenvalue weighted by molar-refractivity contribution is -0.0234. The lowest BCUT2D eigenvalue weighted by Gasteiger charge is -2.15. The van der Waals surface area contributed by atoms with Crippen LogP contribution in [0.5, 0.6) is 0 Å². The summed E-state index contributed by atoms with van der Waals surface area (Å²) in [6.45, 7) is -0.272. The van der Waals surface area contributed by atoms with Crippen LogP contribution in [0, 0.1) is 0 Å². The molecule has 4 N–H and O–H groups in total. The maximum absolute atomic E-state index is 12.3. The van der Waals surface area contributed by atoms with Crippen molar-refractivity contribution in [2.75, 3.05) is 20.3 Å². The van der Waals surface area contributed by atoms with Gasteiger partial charge in [-0.25, -0.2) is 4.79 Å². The molecule has 1 aromatic rings. The molecular weight excluding hydrogens is 284 g/mol. The molecule has 1 aliphatic heterocycles. The second kappa shape index (κ2) is 6.50. The van der Waals surface area contributed by atoms with Crippen molar-refractivity contribution in [1.29, 1.82) is 0 Å². The lowest BCUT2D eigenvalue weighted by atomic mass is 10.0. The number of aliphatic hydroxyl groups excluding tert-OH is 3. The van der Waals surface area contributed by atoms with Gasteiger partial charge in [0.2, 0.25) is 0 Å². The number of methoxy groups -OCH3 is 1. The van der Waals surface area contributed by atoms with Crippen LogP contribution in [0.4, 0.5) is 0 Å². The standard InChI is InChI=1S/C12H18N2O7/c1-20-3-2-14-11(18)6(4-13-12(14)19)10-9(17)8(16)7(5-15)21-10/h4,7-10,15-17H,2-3,5H2,1H3,(H,13,19)/t7-,8-,9-,10+/m1/s1. The van der Waals surface area contributed by atoms with Crippen LogP contribution >= 0.6 is 0 Å². The van der Waals surface area contributed by atoms with Crippen LogP contribution in [0.2, 0.25) is 0 Å². The van der Waals surface area contributed by atoms with Gasteiger partial charge in [-0.05, 0) is 0 Å². The molecule has 0 bridgehead atoms. The molecule has 0 aliphatic carbocycles. The first-order valence-electron chi connectivity index (χ1n) is 6.45. The molecule has 0 saturated carbocycles. The van der Waals surface area contributed by atoms with E-state index in [0.717, 1.165) is 10.8 Å². The van der Waals surface area contributed by atoms with Gasteiger partial charge in [0.25, 0.3) is 5.56 Å². The topological polar surface area (TPSA) is 134 Å². The number of nitrogens with zero attached hydrogens (tertiary/aromatic N) is 1. The minimum absolute atomic E-state index is 0.00760. The van der Waals surface area contributed by atoms with Gasteiger partial charge in [0.15, 0.2) is 0 Å². The molecular formula is C12H18N2O7. The highest BCUT2D eigenvalue weighted by atomic mass is 16.6. The second-order valence-electron chi connectivity index (χ2n) is 4.76. The van der Waals surface area contributed by atoms with Gasteiger partial charge in [0, 0.05) is 13.3 Å². The molecule has 1 aromatic heterocycles. The van der Waals surface area contributed by atoms with Crippen molar-refractivity contribution in [3.05, 3.63) is 32.6 Å². The molecule has 21 heavy (non-hydrogen) atoms. The summed E-state index contributed by atoms with van der Waals surface area (Å²) in [6, 6.07) is 0. The van der Waals surface area contributed by atoms with E-state index in [1.165, 1.54) is 7.11 Å². The first-order chi connectivity index (χ1) is 10.0. The van der Waals surface area contributed by atoms with Gasteiger partial charge in [-0.15, -0.1) is 0 Å². The Balaban J connectivity index is 2.37. The number of aromatic nitrogens is 2. The SMILES string of the molecule is COCCn1c(=O)[nH]cc([C@@H]2O[C@H](CO)[C@@H](O)[C@H]2O)c1=O. The molecule has 0 aromatic carbocycles. The Morgan fingerprint density at radius 1 is 1.38 bits per heavy atom. The Morgan fingerprint density at radius 3 is 2.67 bits per heavy atom. The fourth-order valence-corrected chi connectivity index (χ4v) is 2.27. The number of hydrogen-bond donors (Lipinski definition) is 4. The second-order valence-corrected chi connectivity index (χ2v) is 4.76. The predicted octanol–water partition coefficient (Wildman–Crippen LogP) is -2.66. The maximum atomic E-state index is 12.3. The van der Waals surface area contributed by atoms with Crippen LogP contribution in [-0.2, 0) is 16.0 Å². The Kier molecular flexibility index (Phi) is 4.91. The molecule has 0 unspecified atom stereocenters. The van der Waals surface area contributed by atoms with Gasteiger partial charge in [-0.3, -0.25) is 9.36 Å². The fraction of sp³-hybridized carbons (Fsp3) is 0.667. The molecule has 0 amide bonds. The van der Waals surface area contributed by atoms with Crippen molar-refractivity contribution in [2.24, 2.45) is 0 Å². The van der Waals surface area contributed by atoms with Crippen molar-refractivity contribution in [1.82, 2.24) is 9.55 Å². The molecule has 0 radical (unpaired) electrons. The third kappa shape index (κ3) is 2.92. The monoisotopic (exact) mass is 302 g/mol. The smallest absolute Gasteiger partial charge is 0.328 e. The molecule has 2 heterocycles. The summed E-state index contributed by atoms with van der Waals surface area (Å²) >= 11 is 0. The first kappa shape index (κ1) is 15.9. The van der Waals surface area contributed by atoms with Crippen molar-refractivity contribution >= 4 is 0 Å². The third-order valence-electron chi connectivity index (χ3n) is 3.46. The predicted molar refractivity (Wildman–Crippen MR) is 69.9 cm³/mol. The van der Waals surface area contributed by atoms with Crippen molar-refractivity contribution in [2.45, 2.75) is 31.0 Å². The Bertz CT molecular complexity index is 596. The van der Waals surface area contributed by atoms with Gasteiger partial charge >= 0.3 is 5.69 Å². The maximum Gasteiger partial charge on any atom is 0.328 e. The zero-order chi connectivity index (χ0) is 15.6. The van der Waals surface area contributed by atoms with E-state index in [9.17, 15) is 19.8 Å². The van der Waals surface area contributed by atoms with Crippen molar-refractivity contribution in [3.63, 3.8) is 0 Å². The largest absolute Gasteiger partial charge is 0.394 e. The van der Waals surface area contributed by atoms with Crippen molar-refractivity contribution < 1.29 is 24.8 Å². The van der Waals surface area contributed by atoms with E-state index in [-0.39, 0.29) is 18.7 Å². The lowest BCUT2D eigenvalue weighted by Crippen LogP contribution is -2.40. The summed E-state index contributed by atoms with van der Waals surface area (Å²) in [5.41, 5.74) is -1.23. The molecule has 2 rings (SSSR count). The normalized spacial score (nSPS) is 29.0. The van der Waals surface area contributed by atoms with E-state index in [1.54, 1.807) is 0 Å². The summed E-state index contributed by atoms with van der Waals surface area (Å²) in [4.78, 5) is 26.3. The fourth-order valence-electron chi connectivity index (χ4n) is 2.27. The van der Waals surface area contributed by atoms with Gasteiger partial charge in [0.05, 0.1) is 25.3 Å². The minimum atomic E-state index is -1.36. The summed E-state index contributed by atoms with van der Waals surface area (Å²) in [6.07, 6.45) is -3.62. The number of aliphatic hydroxyl groups is 3. The highest BCUT2D eigenvalue weighted by Crippen LogP contribution is 2.31. The number of hydrogen-bond acceptors (Lipinski definition) is 7. The van der Waals surface area contributed by atoms with E-state index in [0.29, 0.717) is 0 Å². The third-order valence-corrected chi connectivity index (χ3v) is 3.46. The van der Waals surface area contributed by atoms with Crippen molar-refractivity contribution in [3.8, 4) is 0 Å². The molecule has 1 fully saturated rings. The number of nitrogens with one attached hydrogen (secondary N) is 1. The summed E-state index contributed by atoms with van der Waals surface area (Å²) in [5, 5.41) is 28.7. The van der Waals surface area contributed by atoms with Crippen LogP contribution in [0.15, 0.2) is 15.8 Å². The molecule has 9 heteroatoms. The Hall–Kier alpha value is -1.52. The van der Waals surface area contributed by atoms with E-state index in [2.05, 4.69) is 4.98 Å². The number of H-pyrrole nitrogens is 1. The van der Waals surface area contributed by atoms with Crippen LogP contribution in [-0.4, -0.2) is 63.5 Å². The van der Waals surface area contributed by atoms with Crippen LogP contribution in [0.1, 0.15) is 11.7 Å². The summed E-state index contributed by atoms with van der Waals surface area (Å²) in [7, 11) is 1.44. The van der Waals surface area contributed by atoms with Crippen LogP contribution in [0.3, 0.4) is 0 Å². The van der Waals surface area contributed by atoms with Gasteiger partial charge < -0.3 is 29.8 Å². The van der Waals surface area contributed by atoms with E-state index < -0.39 is 42.3 Å². The summed E-state index contributed by atoms with van der Waals surface area (Å²) in [5.74, 6) is 0. The van der Waals surface area contributed by atoms with Gasteiger partial charge in [-0.1, -0.05) is 0 Å². The highest BCUT2D eigenvalue weighted by molar-refractivity contribution is 5.14. The quantitative estimate of drug-likeness (QED) is 0.466. The Labute approximate surface area is 119 Å². The highest BCUT2D eigenvalue weighted by Gasteiger charge is 2.44. The molecule has 1 saturated heterocycles. The van der Waals surface area contributed by atoms with Crippen LogP contribution in [0.25, 0.3) is 0 Å².